The van der Waals surface area contributed by atoms with Crippen LogP contribution in [0.5, 0.6) is 0 Å². The molecule has 78 valence electrons. The number of nitrogens with one attached hydrogen (secondary N) is 1. The lowest BCUT2D eigenvalue weighted by molar-refractivity contribution is 0.305. The average Bonchev–Trinajstić information content (AvgIpc) is 2.75. The first-order valence-corrected chi connectivity index (χ1v) is 4.79. The van der Waals surface area contributed by atoms with Crippen molar-refractivity contribution in [3.05, 3.63) is 16.4 Å². The van der Waals surface area contributed by atoms with Crippen LogP contribution in [0.1, 0.15) is 24.7 Å². The molecule has 0 radical (unpaired) electrons. The van der Waals surface area contributed by atoms with Crippen LogP contribution in [0.25, 0.3) is 0 Å². The Morgan fingerprint density at radius 2 is 2.29 bits per heavy atom. The number of nitrogens with zero attached hydrogens (tertiary/aromatic N) is 2. The zero-order chi connectivity index (χ0) is 9.97. The number of aromatic amines is 1. The largest absolute Gasteiger partial charge is 0.438 e. The van der Waals surface area contributed by atoms with E-state index in [4.69, 9.17) is 5.73 Å². The van der Waals surface area contributed by atoms with Gasteiger partial charge in [0.25, 0.3) is 0 Å². The van der Waals surface area contributed by atoms with E-state index >= 15 is 0 Å². The van der Waals surface area contributed by atoms with Gasteiger partial charge < -0.3 is 10.6 Å². The zero-order valence-corrected chi connectivity index (χ0v) is 7.90. The third-order valence-corrected chi connectivity index (χ3v) is 2.46. The molecule has 6 heteroatoms. The summed E-state index contributed by atoms with van der Waals surface area (Å²) in [5.41, 5.74) is 5.85. The predicted molar refractivity (Wildman–Crippen MR) is 49.7 cm³/mol. The van der Waals surface area contributed by atoms with E-state index in [1.54, 1.807) is 0 Å². The number of H-pyrrole nitrogens is 1. The highest BCUT2D eigenvalue weighted by molar-refractivity contribution is 4.90. The summed E-state index contributed by atoms with van der Waals surface area (Å²) in [4.78, 5) is 15.4. The number of likely N-dealkylation sites (tertiary alicyclic amines) is 1. The summed E-state index contributed by atoms with van der Waals surface area (Å²) >= 11 is 0. The summed E-state index contributed by atoms with van der Waals surface area (Å²) in [5.74, 6) is -0.112. The summed E-state index contributed by atoms with van der Waals surface area (Å²) in [6, 6.07) is -0.264. The molecule has 2 heterocycles. The quantitative estimate of drug-likeness (QED) is 0.681. The molecule has 1 aliphatic heterocycles. The Bertz CT molecular complexity index is 339. The van der Waals surface area contributed by atoms with Gasteiger partial charge >= 0.3 is 5.76 Å². The number of aromatic nitrogens is 2. The van der Waals surface area contributed by atoms with Crippen LogP contribution in [-0.2, 0) is 0 Å². The Morgan fingerprint density at radius 3 is 2.86 bits per heavy atom. The second-order valence-electron chi connectivity index (χ2n) is 3.59. The lowest BCUT2D eigenvalue weighted by Crippen LogP contribution is -2.30. The molecular formula is C8H14N4O2. The molecule has 1 atom stereocenters. The third-order valence-electron chi connectivity index (χ3n) is 2.46. The van der Waals surface area contributed by atoms with Crippen LogP contribution in [0.4, 0.5) is 0 Å². The fourth-order valence-electron chi connectivity index (χ4n) is 1.73. The molecule has 0 spiro atoms. The summed E-state index contributed by atoms with van der Waals surface area (Å²) in [7, 11) is 0. The van der Waals surface area contributed by atoms with Crippen LogP contribution >= 0.6 is 0 Å². The Morgan fingerprint density at radius 1 is 1.57 bits per heavy atom. The van der Waals surface area contributed by atoms with Gasteiger partial charge in [0, 0.05) is 6.54 Å². The standard InChI is InChI=1S/C8H14N4O2/c9-6(5-12-3-1-2-4-12)7-10-8(13)14-11-7/h6H,1-5,9H2,(H,10,11,13). The third kappa shape index (κ3) is 2.02. The van der Waals surface area contributed by atoms with Crippen LogP contribution in [0.3, 0.4) is 0 Å². The lowest BCUT2D eigenvalue weighted by atomic mass is 10.3. The highest BCUT2D eigenvalue weighted by Gasteiger charge is 2.18. The average molecular weight is 198 g/mol. The van der Waals surface area contributed by atoms with Crippen LogP contribution in [0.15, 0.2) is 9.32 Å². The van der Waals surface area contributed by atoms with E-state index in [2.05, 4.69) is 19.6 Å². The molecule has 1 unspecified atom stereocenters. The Kier molecular flexibility index (Phi) is 2.64. The van der Waals surface area contributed by atoms with E-state index in [9.17, 15) is 4.79 Å². The van der Waals surface area contributed by atoms with Crippen molar-refractivity contribution in [2.45, 2.75) is 18.9 Å². The van der Waals surface area contributed by atoms with Gasteiger partial charge in [0.15, 0.2) is 5.82 Å². The van der Waals surface area contributed by atoms with Crippen LogP contribution in [0, 0.1) is 0 Å². The first-order chi connectivity index (χ1) is 6.75. The molecule has 1 aromatic rings. The van der Waals surface area contributed by atoms with Crippen LogP contribution in [0.2, 0.25) is 0 Å². The summed E-state index contributed by atoms with van der Waals surface area (Å²) in [5, 5.41) is 3.56. The van der Waals surface area contributed by atoms with Crippen LogP contribution in [-0.4, -0.2) is 34.7 Å². The first-order valence-electron chi connectivity index (χ1n) is 4.79. The molecule has 14 heavy (non-hydrogen) atoms. The van der Waals surface area contributed by atoms with Crippen molar-refractivity contribution in [2.24, 2.45) is 5.73 Å². The monoisotopic (exact) mass is 198 g/mol. The molecule has 1 fully saturated rings. The van der Waals surface area contributed by atoms with Gasteiger partial charge in [-0.2, -0.15) is 0 Å². The van der Waals surface area contributed by atoms with Gasteiger partial charge in [0.1, 0.15) is 0 Å². The number of hydrogen-bond acceptors (Lipinski definition) is 5. The lowest BCUT2D eigenvalue weighted by Gasteiger charge is -2.17. The number of hydrogen-bond donors (Lipinski definition) is 2. The van der Waals surface area contributed by atoms with E-state index in [0.29, 0.717) is 5.82 Å². The molecule has 1 aromatic heterocycles. The fourth-order valence-corrected chi connectivity index (χ4v) is 1.73. The van der Waals surface area contributed by atoms with Gasteiger partial charge in [0.05, 0.1) is 6.04 Å². The zero-order valence-electron chi connectivity index (χ0n) is 7.90. The number of rotatable bonds is 3. The summed E-state index contributed by atoms with van der Waals surface area (Å²) in [6.07, 6.45) is 2.45. The Balaban J connectivity index is 1.94. The van der Waals surface area contributed by atoms with Gasteiger partial charge in [0.2, 0.25) is 0 Å². The van der Waals surface area contributed by atoms with Gasteiger partial charge in [-0.15, -0.1) is 0 Å². The van der Waals surface area contributed by atoms with Crippen molar-refractivity contribution in [3.63, 3.8) is 0 Å². The maximum Gasteiger partial charge on any atom is 0.438 e. The molecule has 0 bridgehead atoms. The van der Waals surface area contributed by atoms with Crippen molar-refractivity contribution >= 4 is 0 Å². The highest BCUT2D eigenvalue weighted by Crippen LogP contribution is 2.11. The van der Waals surface area contributed by atoms with Crippen LogP contribution < -0.4 is 11.5 Å². The Labute approximate surface area is 81.1 Å². The molecular weight excluding hydrogens is 184 g/mol. The predicted octanol–water partition coefficient (Wildman–Crippen LogP) is -0.542. The minimum absolute atomic E-state index is 0.264. The minimum atomic E-state index is -0.545. The van der Waals surface area contributed by atoms with E-state index < -0.39 is 5.76 Å². The van der Waals surface area contributed by atoms with Gasteiger partial charge in [-0.3, -0.25) is 9.51 Å². The van der Waals surface area contributed by atoms with Crippen molar-refractivity contribution in [2.75, 3.05) is 19.6 Å². The van der Waals surface area contributed by atoms with Crippen molar-refractivity contribution in [1.82, 2.24) is 15.0 Å². The minimum Gasteiger partial charge on any atom is -0.320 e. The van der Waals surface area contributed by atoms with Crippen molar-refractivity contribution in [3.8, 4) is 0 Å². The molecule has 6 nitrogen and oxygen atoms in total. The van der Waals surface area contributed by atoms with Crippen molar-refractivity contribution < 1.29 is 4.52 Å². The van der Waals surface area contributed by atoms with E-state index in [0.717, 1.165) is 19.6 Å². The highest BCUT2D eigenvalue weighted by atomic mass is 16.5. The molecule has 0 aromatic carbocycles. The molecule has 2 rings (SSSR count). The van der Waals surface area contributed by atoms with Gasteiger partial charge in [-0.25, -0.2) is 4.79 Å². The maximum atomic E-state index is 10.7. The SMILES string of the molecule is NC(CN1CCCC1)c1noc(=O)[nH]1. The van der Waals surface area contributed by atoms with E-state index in [1.165, 1.54) is 12.8 Å². The number of nitrogens with two attached hydrogens (primary N) is 1. The smallest absolute Gasteiger partial charge is 0.320 e. The normalized spacial score (nSPS) is 20.1. The van der Waals surface area contributed by atoms with E-state index in [1.807, 2.05) is 0 Å². The molecule has 0 saturated carbocycles. The Hall–Kier alpha value is -1.14. The summed E-state index contributed by atoms with van der Waals surface area (Å²) in [6.45, 7) is 2.88. The molecule has 1 aliphatic rings. The first kappa shape index (κ1) is 9.42. The van der Waals surface area contributed by atoms with Gasteiger partial charge in [-0.1, -0.05) is 5.16 Å². The molecule has 1 saturated heterocycles. The maximum absolute atomic E-state index is 10.7. The topological polar surface area (TPSA) is 88.2 Å². The molecule has 0 amide bonds. The van der Waals surface area contributed by atoms with E-state index in [-0.39, 0.29) is 6.04 Å². The second-order valence-corrected chi connectivity index (χ2v) is 3.59. The van der Waals surface area contributed by atoms with Gasteiger partial charge in [-0.05, 0) is 25.9 Å². The fraction of sp³-hybridized carbons (Fsp3) is 0.750. The molecule has 3 N–H and O–H groups in total. The van der Waals surface area contributed by atoms with Crippen molar-refractivity contribution in [1.29, 1.82) is 0 Å². The molecule has 0 aliphatic carbocycles. The second kappa shape index (κ2) is 3.93. The summed E-state index contributed by atoms with van der Waals surface area (Å²) < 4.78 is 4.39.